The van der Waals surface area contributed by atoms with Crippen LogP contribution in [0.4, 0.5) is 10.5 Å². The van der Waals surface area contributed by atoms with E-state index in [1.807, 2.05) is 25.1 Å². The van der Waals surface area contributed by atoms with Gasteiger partial charge in [0.2, 0.25) is 5.91 Å². The highest BCUT2D eigenvalue weighted by molar-refractivity contribution is 14.1. The van der Waals surface area contributed by atoms with E-state index in [1.54, 1.807) is 30.3 Å². The maximum absolute atomic E-state index is 12.7. The summed E-state index contributed by atoms with van der Waals surface area (Å²) in [6, 6.07) is 12.7. The summed E-state index contributed by atoms with van der Waals surface area (Å²) in [4.78, 5) is 38.4. The fraction of sp³-hybridized carbons (Fsp3) is 0.150. The molecule has 1 aliphatic rings. The number of hydrogen-bond donors (Lipinski definition) is 1. The minimum Gasteiger partial charge on any atom is -0.492 e. The molecule has 0 aliphatic carbocycles. The van der Waals surface area contributed by atoms with Crippen molar-refractivity contribution in [3.8, 4) is 5.75 Å². The summed E-state index contributed by atoms with van der Waals surface area (Å²) in [5.74, 6) is -0.0939. The second-order valence-electron chi connectivity index (χ2n) is 5.93. The van der Waals surface area contributed by atoms with Gasteiger partial charge in [0.1, 0.15) is 12.3 Å². The molecule has 0 spiro atoms. The standard InChI is InChI=1S/C20H16I2N2O4S/c1-2-28-18-14(21)8-12(9-15(18)22)10-16-19(26)24(20(27)29-16)11-17(25)23-13-6-4-3-5-7-13/h3-10H,2,11H2,1H3,(H,23,25)/b16-10-. The number of para-hydroxylation sites is 1. The molecule has 1 heterocycles. The molecule has 150 valence electrons. The molecule has 3 rings (SSSR count). The lowest BCUT2D eigenvalue weighted by Crippen LogP contribution is -2.36. The Kier molecular flexibility index (Phi) is 7.57. The Hall–Kier alpha value is -1.60. The number of halogens is 2. The predicted molar refractivity (Wildman–Crippen MR) is 131 cm³/mol. The van der Waals surface area contributed by atoms with Crippen LogP contribution in [0.25, 0.3) is 6.08 Å². The number of hydrogen-bond acceptors (Lipinski definition) is 5. The lowest BCUT2D eigenvalue weighted by atomic mass is 10.2. The smallest absolute Gasteiger partial charge is 0.294 e. The largest absolute Gasteiger partial charge is 0.492 e. The summed E-state index contributed by atoms with van der Waals surface area (Å²) in [5.41, 5.74) is 1.40. The van der Waals surface area contributed by atoms with Crippen LogP contribution in [0.15, 0.2) is 47.4 Å². The normalized spacial score (nSPS) is 15.1. The predicted octanol–water partition coefficient (Wildman–Crippen LogP) is 4.97. The van der Waals surface area contributed by atoms with E-state index in [-0.39, 0.29) is 6.54 Å². The maximum Gasteiger partial charge on any atom is 0.294 e. The first-order valence-electron chi connectivity index (χ1n) is 8.61. The van der Waals surface area contributed by atoms with Crippen molar-refractivity contribution in [3.05, 3.63) is 60.1 Å². The number of carbonyl (C=O) groups is 3. The van der Waals surface area contributed by atoms with Crippen molar-refractivity contribution in [2.24, 2.45) is 0 Å². The molecule has 6 nitrogen and oxygen atoms in total. The molecule has 29 heavy (non-hydrogen) atoms. The van der Waals surface area contributed by atoms with Crippen molar-refractivity contribution in [2.45, 2.75) is 6.92 Å². The highest BCUT2D eigenvalue weighted by Crippen LogP contribution is 2.34. The molecule has 2 aromatic carbocycles. The van der Waals surface area contributed by atoms with Gasteiger partial charge in [-0.05, 0) is 99.8 Å². The first kappa shape index (κ1) is 22.1. The molecule has 0 radical (unpaired) electrons. The molecule has 9 heteroatoms. The van der Waals surface area contributed by atoms with Gasteiger partial charge in [-0.3, -0.25) is 19.3 Å². The molecular weight excluding hydrogens is 618 g/mol. The van der Waals surface area contributed by atoms with Crippen molar-refractivity contribution >= 4 is 85.8 Å². The van der Waals surface area contributed by atoms with Crippen LogP contribution < -0.4 is 10.1 Å². The van der Waals surface area contributed by atoms with E-state index in [2.05, 4.69) is 50.5 Å². The van der Waals surface area contributed by atoms with Gasteiger partial charge in [0, 0.05) is 5.69 Å². The first-order chi connectivity index (χ1) is 13.9. The molecule has 0 aromatic heterocycles. The monoisotopic (exact) mass is 634 g/mol. The number of nitrogens with one attached hydrogen (secondary N) is 1. The molecule has 2 aromatic rings. The van der Waals surface area contributed by atoms with Gasteiger partial charge in [-0.25, -0.2) is 0 Å². The van der Waals surface area contributed by atoms with Gasteiger partial charge in [0.15, 0.2) is 0 Å². The molecule has 1 N–H and O–H groups in total. The third kappa shape index (κ3) is 5.51. The lowest BCUT2D eigenvalue weighted by Gasteiger charge is -2.12. The molecule has 1 fully saturated rings. The van der Waals surface area contributed by atoms with Crippen LogP contribution in [0.5, 0.6) is 5.75 Å². The average Bonchev–Trinajstić information content (AvgIpc) is 2.93. The summed E-state index contributed by atoms with van der Waals surface area (Å²) in [6.07, 6.45) is 1.67. The van der Waals surface area contributed by atoms with Gasteiger partial charge in [-0.1, -0.05) is 18.2 Å². The van der Waals surface area contributed by atoms with E-state index in [4.69, 9.17) is 4.74 Å². The van der Waals surface area contributed by atoms with Crippen LogP contribution >= 0.6 is 56.9 Å². The minimum atomic E-state index is -0.470. The molecule has 0 saturated carbocycles. The second-order valence-corrected chi connectivity index (χ2v) is 9.25. The molecule has 0 bridgehead atoms. The summed E-state index contributed by atoms with van der Waals surface area (Å²) in [7, 11) is 0. The molecular formula is C20H16I2N2O4S. The average molecular weight is 634 g/mol. The van der Waals surface area contributed by atoms with Crippen LogP contribution in [0, 0.1) is 7.14 Å². The van der Waals surface area contributed by atoms with Gasteiger partial charge < -0.3 is 10.1 Å². The zero-order valence-electron chi connectivity index (χ0n) is 15.3. The number of anilines is 1. The van der Waals surface area contributed by atoms with E-state index in [0.29, 0.717) is 17.2 Å². The van der Waals surface area contributed by atoms with Crippen LogP contribution in [0.1, 0.15) is 12.5 Å². The van der Waals surface area contributed by atoms with Gasteiger partial charge in [-0.2, -0.15) is 0 Å². The van der Waals surface area contributed by atoms with E-state index in [1.165, 1.54) is 0 Å². The topological polar surface area (TPSA) is 75.7 Å². The van der Waals surface area contributed by atoms with Crippen LogP contribution in [0.2, 0.25) is 0 Å². The molecule has 3 amide bonds. The minimum absolute atomic E-state index is 0.290. The first-order valence-corrected chi connectivity index (χ1v) is 11.6. The Morgan fingerprint density at radius 3 is 2.45 bits per heavy atom. The van der Waals surface area contributed by atoms with Crippen molar-refractivity contribution in [3.63, 3.8) is 0 Å². The molecule has 1 aliphatic heterocycles. The SMILES string of the molecule is CCOc1c(I)cc(/C=C2\SC(=O)N(CC(=O)Nc3ccccc3)C2=O)cc1I. The lowest BCUT2D eigenvalue weighted by molar-refractivity contribution is -0.127. The maximum atomic E-state index is 12.7. The number of nitrogens with zero attached hydrogens (tertiary/aromatic N) is 1. The second kappa shape index (κ2) is 9.94. The van der Waals surface area contributed by atoms with Crippen LogP contribution in [-0.4, -0.2) is 35.1 Å². The highest BCUT2D eigenvalue weighted by Gasteiger charge is 2.36. The summed E-state index contributed by atoms with van der Waals surface area (Å²) >= 11 is 5.19. The van der Waals surface area contributed by atoms with Crippen LogP contribution in [0.3, 0.4) is 0 Å². The van der Waals surface area contributed by atoms with Crippen LogP contribution in [-0.2, 0) is 9.59 Å². The third-order valence-electron chi connectivity index (χ3n) is 3.84. The number of rotatable bonds is 6. The highest BCUT2D eigenvalue weighted by atomic mass is 127. The van der Waals surface area contributed by atoms with E-state index in [9.17, 15) is 14.4 Å². The fourth-order valence-corrected chi connectivity index (χ4v) is 5.56. The summed E-state index contributed by atoms with van der Waals surface area (Å²) in [6.45, 7) is 2.16. The number of ether oxygens (including phenoxy) is 1. The third-order valence-corrected chi connectivity index (χ3v) is 6.35. The number of amides is 3. The quantitative estimate of drug-likeness (QED) is 0.359. The molecule has 1 saturated heterocycles. The summed E-state index contributed by atoms with van der Waals surface area (Å²) < 4.78 is 7.47. The molecule has 0 atom stereocenters. The molecule has 0 unspecified atom stereocenters. The summed E-state index contributed by atoms with van der Waals surface area (Å²) in [5, 5.41) is 2.22. The fourth-order valence-electron chi connectivity index (χ4n) is 2.60. The van der Waals surface area contributed by atoms with E-state index in [0.717, 1.165) is 35.1 Å². The van der Waals surface area contributed by atoms with Crippen molar-refractivity contribution in [2.75, 3.05) is 18.5 Å². The van der Waals surface area contributed by atoms with Crippen molar-refractivity contribution in [1.29, 1.82) is 0 Å². The van der Waals surface area contributed by atoms with Crippen molar-refractivity contribution < 1.29 is 19.1 Å². The van der Waals surface area contributed by atoms with Gasteiger partial charge in [-0.15, -0.1) is 0 Å². The van der Waals surface area contributed by atoms with E-state index >= 15 is 0 Å². The number of carbonyl (C=O) groups excluding carboxylic acids is 3. The Labute approximate surface area is 199 Å². The van der Waals surface area contributed by atoms with Gasteiger partial charge in [0.25, 0.3) is 11.1 Å². The van der Waals surface area contributed by atoms with Gasteiger partial charge >= 0.3 is 0 Å². The number of imide groups is 1. The zero-order valence-corrected chi connectivity index (χ0v) is 20.4. The Balaban J connectivity index is 1.74. The Morgan fingerprint density at radius 1 is 1.17 bits per heavy atom. The van der Waals surface area contributed by atoms with E-state index < -0.39 is 17.1 Å². The number of benzene rings is 2. The zero-order chi connectivity index (χ0) is 21.0. The Bertz CT molecular complexity index is 972. The number of thioether (sulfide) groups is 1. The Morgan fingerprint density at radius 2 is 1.83 bits per heavy atom. The van der Waals surface area contributed by atoms with Crippen molar-refractivity contribution in [1.82, 2.24) is 4.90 Å². The van der Waals surface area contributed by atoms with Gasteiger partial charge in [0.05, 0.1) is 18.7 Å².